The second-order valence-electron chi connectivity index (χ2n) is 5.12. The average Bonchev–Trinajstić information content (AvgIpc) is 2.60. The number of hydrogen-bond donors (Lipinski definition) is 0. The SMILES string of the molecule is N#Cc1ccc(CCCOC(=O)Cc2ccc(C#N)cc2)cc1. The molecule has 0 atom stereocenters. The molecule has 2 rings (SSSR count). The second kappa shape index (κ2) is 8.36. The van der Waals surface area contributed by atoms with Gasteiger partial charge in [-0.15, -0.1) is 0 Å². The second-order valence-corrected chi connectivity index (χ2v) is 5.12. The highest BCUT2D eigenvalue weighted by molar-refractivity contribution is 5.72. The maximum absolute atomic E-state index is 11.7. The molecule has 2 aromatic rings. The summed E-state index contributed by atoms with van der Waals surface area (Å²) in [4.78, 5) is 11.7. The van der Waals surface area contributed by atoms with E-state index in [1.165, 1.54) is 0 Å². The first-order valence-corrected chi connectivity index (χ1v) is 7.35. The monoisotopic (exact) mass is 304 g/mol. The van der Waals surface area contributed by atoms with Crippen molar-refractivity contribution in [2.45, 2.75) is 19.3 Å². The zero-order valence-electron chi connectivity index (χ0n) is 12.7. The van der Waals surface area contributed by atoms with Crippen molar-refractivity contribution in [3.8, 4) is 12.1 Å². The number of carbonyl (C=O) groups is 1. The molecule has 23 heavy (non-hydrogen) atoms. The van der Waals surface area contributed by atoms with Gasteiger partial charge in [-0.3, -0.25) is 4.79 Å². The van der Waals surface area contributed by atoms with Crippen LogP contribution in [0.5, 0.6) is 0 Å². The third-order valence-electron chi connectivity index (χ3n) is 3.39. The minimum absolute atomic E-state index is 0.211. The Bertz CT molecular complexity index is 735. The molecule has 0 fully saturated rings. The summed E-state index contributed by atoms with van der Waals surface area (Å²) in [6, 6.07) is 18.4. The number of nitrogens with zero attached hydrogens (tertiary/aromatic N) is 2. The molecule has 0 aromatic heterocycles. The lowest BCUT2D eigenvalue weighted by Crippen LogP contribution is -2.09. The molecule has 0 radical (unpaired) electrons. The summed E-state index contributed by atoms with van der Waals surface area (Å²) < 4.78 is 5.21. The van der Waals surface area contributed by atoms with E-state index in [-0.39, 0.29) is 12.4 Å². The van der Waals surface area contributed by atoms with Gasteiger partial charge in [0.15, 0.2) is 0 Å². The van der Waals surface area contributed by atoms with Gasteiger partial charge in [0.25, 0.3) is 0 Å². The van der Waals surface area contributed by atoms with Crippen molar-refractivity contribution in [3.05, 3.63) is 70.8 Å². The van der Waals surface area contributed by atoms with Crippen LogP contribution in [-0.2, 0) is 22.4 Å². The Hall–Kier alpha value is -3.11. The summed E-state index contributed by atoms with van der Waals surface area (Å²) in [5, 5.41) is 17.5. The van der Waals surface area contributed by atoms with Gasteiger partial charge in [-0.05, 0) is 48.2 Å². The molecule has 0 aliphatic carbocycles. The summed E-state index contributed by atoms with van der Waals surface area (Å²) in [7, 11) is 0. The molecule has 0 N–H and O–H groups in total. The van der Waals surface area contributed by atoms with Crippen molar-refractivity contribution in [2.24, 2.45) is 0 Å². The Morgan fingerprint density at radius 3 is 1.91 bits per heavy atom. The van der Waals surface area contributed by atoms with E-state index < -0.39 is 0 Å². The normalized spacial score (nSPS) is 9.65. The summed E-state index contributed by atoms with van der Waals surface area (Å²) >= 11 is 0. The van der Waals surface area contributed by atoms with E-state index in [4.69, 9.17) is 15.3 Å². The van der Waals surface area contributed by atoms with Gasteiger partial charge in [0.05, 0.1) is 36.3 Å². The van der Waals surface area contributed by atoms with Crippen LogP contribution in [-0.4, -0.2) is 12.6 Å². The first-order chi connectivity index (χ1) is 11.2. The number of esters is 1. The molecule has 0 aliphatic rings. The van der Waals surface area contributed by atoms with Crippen molar-refractivity contribution in [1.29, 1.82) is 10.5 Å². The lowest BCUT2D eigenvalue weighted by Gasteiger charge is -2.05. The van der Waals surface area contributed by atoms with E-state index in [0.717, 1.165) is 24.0 Å². The van der Waals surface area contributed by atoms with Gasteiger partial charge in [-0.1, -0.05) is 24.3 Å². The van der Waals surface area contributed by atoms with Crippen LogP contribution in [0.4, 0.5) is 0 Å². The largest absolute Gasteiger partial charge is 0.465 e. The molecule has 0 unspecified atom stereocenters. The van der Waals surface area contributed by atoms with Gasteiger partial charge in [-0.2, -0.15) is 10.5 Å². The number of aryl methyl sites for hydroxylation is 1. The van der Waals surface area contributed by atoms with Crippen molar-refractivity contribution in [2.75, 3.05) is 6.61 Å². The van der Waals surface area contributed by atoms with E-state index in [0.29, 0.717) is 17.7 Å². The molecule has 0 bridgehead atoms. The molecular formula is C19H16N2O2. The fourth-order valence-corrected chi connectivity index (χ4v) is 2.12. The van der Waals surface area contributed by atoms with Crippen molar-refractivity contribution >= 4 is 5.97 Å². The quantitative estimate of drug-likeness (QED) is 0.607. The fraction of sp³-hybridized carbons (Fsp3) is 0.211. The highest BCUT2D eigenvalue weighted by Crippen LogP contribution is 2.07. The standard InChI is InChI=1S/C19H16N2O2/c20-13-17-7-3-15(4-8-17)2-1-11-23-19(22)12-16-5-9-18(14-21)10-6-16/h3-10H,1-2,11-12H2. The zero-order valence-corrected chi connectivity index (χ0v) is 12.7. The van der Waals surface area contributed by atoms with E-state index in [1.54, 1.807) is 36.4 Å². The highest BCUT2D eigenvalue weighted by Gasteiger charge is 2.05. The predicted molar refractivity (Wildman–Crippen MR) is 85.3 cm³/mol. The Morgan fingerprint density at radius 2 is 1.39 bits per heavy atom. The van der Waals surface area contributed by atoms with Gasteiger partial charge < -0.3 is 4.74 Å². The minimum atomic E-state index is -0.269. The summed E-state index contributed by atoms with van der Waals surface area (Å²) in [5.74, 6) is -0.269. The van der Waals surface area contributed by atoms with Crippen molar-refractivity contribution in [3.63, 3.8) is 0 Å². The number of ether oxygens (including phenoxy) is 1. The molecule has 4 heteroatoms. The van der Waals surface area contributed by atoms with E-state index in [1.807, 2.05) is 18.2 Å². The number of nitriles is 2. The van der Waals surface area contributed by atoms with E-state index in [9.17, 15) is 4.79 Å². The Morgan fingerprint density at radius 1 is 0.870 bits per heavy atom. The van der Waals surface area contributed by atoms with Crippen molar-refractivity contribution in [1.82, 2.24) is 0 Å². The molecule has 0 spiro atoms. The van der Waals surface area contributed by atoms with Crippen LogP contribution >= 0.6 is 0 Å². The third kappa shape index (κ3) is 5.30. The van der Waals surface area contributed by atoms with Crippen molar-refractivity contribution < 1.29 is 9.53 Å². The highest BCUT2D eigenvalue weighted by atomic mass is 16.5. The molecule has 0 saturated heterocycles. The van der Waals surface area contributed by atoms with Crippen LogP contribution < -0.4 is 0 Å². The maximum Gasteiger partial charge on any atom is 0.310 e. The number of rotatable bonds is 6. The van der Waals surface area contributed by atoms with Crippen LogP contribution in [0, 0.1) is 22.7 Å². The first-order valence-electron chi connectivity index (χ1n) is 7.35. The summed E-state index contributed by atoms with van der Waals surface area (Å²) in [6.07, 6.45) is 1.75. The van der Waals surface area contributed by atoms with Crippen LogP contribution in [0.25, 0.3) is 0 Å². The zero-order chi connectivity index (χ0) is 16.5. The van der Waals surface area contributed by atoms with Crippen LogP contribution in [0.3, 0.4) is 0 Å². The van der Waals surface area contributed by atoms with Gasteiger partial charge in [0, 0.05) is 0 Å². The molecule has 0 saturated carbocycles. The maximum atomic E-state index is 11.7. The van der Waals surface area contributed by atoms with Gasteiger partial charge in [0.1, 0.15) is 0 Å². The summed E-state index contributed by atoms with van der Waals surface area (Å²) in [6.45, 7) is 0.370. The number of benzene rings is 2. The van der Waals surface area contributed by atoms with E-state index >= 15 is 0 Å². The van der Waals surface area contributed by atoms with Gasteiger partial charge >= 0.3 is 5.97 Å². The fourth-order valence-electron chi connectivity index (χ4n) is 2.12. The number of carbonyl (C=O) groups excluding carboxylic acids is 1. The topological polar surface area (TPSA) is 73.9 Å². The molecule has 2 aromatic carbocycles. The van der Waals surface area contributed by atoms with Gasteiger partial charge in [-0.25, -0.2) is 0 Å². The molecule has 0 amide bonds. The summed E-state index contributed by atoms with van der Waals surface area (Å²) in [5.41, 5.74) is 3.17. The third-order valence-corrected chi connectivity index (χ3v) is 3.39. The predicted octanol–water partition coefficient (Wildman–Crippen LogP) is 3.15. The molecule has 114 valence electrons. The lowest BCUT2D eigenvalue weighted by molar-refractivity contribution is -0.142. The molecule has 0 aliphatic heterocycles. The van der Waals surface area contributed by atoms with Crippen LogP contribution in [0.2, 0.25) is 0 Å². The first kappa shape index (κ1) is 16.3. The Kier molecular flexibility index (Phi) is 5.91. The molecular weight excluding hydrogens is 288 g/mol. The number of hydrogen-bond acceptors (Lipinski definition) is 4. The smallest absolute Gasteiger partial charge is 0.310 e. The van der Waals surface area contributed by atoms with E-state index in [2.05, 4.69) is 6.07 Å². The Balaban J connectivity index is 1.70. The minimum Gasteiger partial charge on any atom is -0.465 e. The van der Waals surface area contributed by atoms with Gasteiger partial charge in [0.2, 0.25) is 0 Å². The molecule has 4 nitrogen and oxygen atoms in total. The lowest BCUT2D eigenvalue weighted by atomic mass is 10.1. The molecule has 0 heterocycles. The van der Waals surface area contributed by atoms with Crippen LogP contribution in [0.1, 0.15) is 28.7 Å². The average molecular weight is 304 g/mol. The van der Waals surface area contributed by atoms with Crippen LogP contribution in [0.15, 0.2) is 48.5 Å². The Labute approximate surface area is 135 Å².